The molecule has 0 unspecified atom stereocenters. The summed E-state index contributed by atoms with van der Waals surface area (Å²) in [4.78, 5) is 4.47. The van der Waals surface area contributed by atoms with Gasteiger partial charge in [-0.3, -0.25) is 0 Å². The summed E-state index contributed by atoms with van der Waals surface area (Å²) >= 11 is 1.56. The van der Waals surface area contributed by atoms with Crippen LogP contribution >= 0.6 is 11.8 Å². The molecule has 0 aliphatic carbocycles. The number of nitrogens with zero attached hydrogens (tertiary/aromatic N) is 1. The Labute approximate surface area is 134 Å². The van der Waals surface area contributed by atoms with Gasteiger partial charge in [0.15, 0.2) is 5.58 Å². The second kappa shape index (κ2) is 6.99. The topological polar surface area (TPSA) is 46.3 Å². The number of benzene rings is 2. The number of fused-ring (bicyclic) bond motifs is 1. The standard InChI is InChI=1S/C18H19NO2S/c1-2-13(17(20)14-8-4-3-5-9-14)12-22-18-19-15-10-6-7-11-16(15)21-18/h3-11,13,17,20H,2,12H2,1H3/t13-,17+/m0/s1. The molecular formula is C18H19NO2S. The molecule has 114 valence electrons. The van der Waals surface area contributed by atoms with E-state index in [0.717, 1.165) is 28.8 Å². The number of hydrogen-bond acceptors (Lipinski definition) is 4. The Balaban J connectivity index is 1.68. The van der Waals surface area contributed by atoms with Crippen molar-refractivity contribution < 1.29 is 9.52 Å². The van der Waals surface area contributed by atoms with Crippen LogP contribution in [0.4, 0.5) is 0 Å². The summed E-state index contributed by atoms with van der Waals surface area (Å²) in [5.41, 5.74) is 2.65. The van der Waals surface area contributed by atoms with Gasteiger partial charge in [-0.05, 0) is 30.0 Å². The molecule has 0 spiro atoms. The number of oxazole rings is 1. The van der Waals surface area contributed by atoms with E-state index in [0.29, 0.717) is 5.22 Å². The molecule has 0 aliphatic rings. The van der Waals surface area contributed by atoms with E-state index in [1.54, 1.807) is 11.8 Å². The molecule has 0 saturated carbocycles. The highest BCUT2D eigenvalue weighted by molar-refractivity contribution is 7.99. The fourth-order valence-electron chi connectivity index (χ4n) is 2.45. The van der Waals surface area contributed by atoms with Crippen molar-refractivity contribution in [2.45, 2.75) is 24.7 Å². The molecule has 1 heterocycles. The Morgan fingerprint density at radius 2 is 1.82 bits per heavy atom. The van der Waals surface area contributed by atoms with E-state index < -0.39 is 6.10 Å². The Morgan fingerprint density at radius 1 is 1.09 bits per heavy atom. The van der Waals surface area contributed by atoms with Crippen LogP contribution in [0.2, 0.25) is 0 Å². The molecule has 3 aromatic rings. The third-order valence-corrected chi connectivity index (χ3v) is 4.82. The van der Waals surface area contributed by atoms with Crippen molar-refractivity contribution >= 4 is 22.9 Å². The Hall–Kier alpha value is -1.78. The minimum absolute atomic E-state index is 0.169. The molecule has 0 saturated heterocycles. The van der Waals surface area contributed by atoms with Crippen molar-refractivity contribution in [3.05, 3.63) is 60.2 Å². The molecule has 0 aliphatic heterocycles. The number of thioether (sulfide) groups is 1. The van der Waals surface area contributed by atoms with Gasteiger partial charge in [0.2, 0.25) is 0 Å². The maximum atomic E-state index is 10.5. The van der Waals surface area contributed by atoms with Gasteiger partial charge >= 0.3 is 0 Å². The quantitative estimate of drug-likeness (QED) is 0.671. The SMILES string of the molecule is CC[C@@H](CSc1nc2ccccc2o1)[C@@H](O)c1ccccc1. The third-order valence-electron chi connectivity index (χ3n) is 3.81. The van der Waals surface area contributed by atoms with E-state index in [2.05, 4.69) is 11.9 Å². The smallest absolute Gasteiger partial charge is 0.256 e. The van der Waals surface area contributed by atoms with Gasteiger partial charge in [0.25, 0.3) is 5.22 Å². The van der Waals surface area contributed by atoms with Gasteiger partial charge in [-0.25, -0.2) is 4.98 Å². The van der Waals surface area contributed by atoms with Crippen LogP contribution < -0.4 is 0 Å². The first-order valence-corrected chi connectivity index (χ1v) is 8.48. The number of aliphatic hydroxyl groups excluding tert-OH is 1. The van der Waals surface area contributed by atoms with E-state index >= 15 is 0 Å². The number of rotatable bonds is 6. The van der Waals surface area contributed by atoms with E-state index in [9.17, 15) is 5.11 Å². The van der Waals surface area contributed by atoms with Gasteiger partial charge in [0.1, 0.15) is 5.52 Å². The van der Waals surface area contributed by atoms with Crippen molar-refractivity contribution in [3.8, 4) is 0 Å². The monoisotopic (exact) mass is 313 g/mol. The molecule has 2 aromatic carbocycles. The van der Waals surface area contributed by atoms with E-state index in [4.69, 9.17) is 4.42 Å². The minimum Gasteiger partial charge on any atom is -0.431 e. The first kappa shape index (κ1) is 15.1. The van der Waals surface area contributed by atoms with Gasteiger partial charge < -0.3 is 9.52 Å². The fraction of sp³-hybridized carbons (Fsp3) is 0.278. The first-order valence-electron chi connectivity index (χ1n) is 7.49. The molecule has 0 radical (unpaired) electrons. The van der Waals surface area contributed by atoms with Crippen LogP contribution in [0.25, 0.3) is 11.1 Å². The van der Waals surface area contributed by atoms with Gasteiger partial charge in [-0.2, -0.15) is 0 Å². The van der Waals surface area contributed by atoms with Crippen LogP contribution in [-0.2, 0) is 0 Å². The third kappa shape index (κ3) is 3.34. The van der Waals surface area contributed by atoms with Crippen LogP contribution in [-0.4, -0.2) is 15.8 Å². The second-order valence-electron chi connectivity index (χ2n) is 5.28. The zero-order chi connectivity index (χ0) is 15.4. The van der Waals surface area contributed by atoms with Crippen molar-refractivity contribution in [1.29, 1.82) is 0 Å². The van der Waals surface area contributed by atoms with Gasteiger partial charge in [0.05, 0.1) is 6.10 Å². The van der Waals surface area contributed by atoms with E-state index in [1.807, 2.05) is 54.6 Å². The van der Waals surface area contributed by atoms with Crippen LogP contribution in [0, 0.1) is 5.92 Å². The molecule has 0 bridgehead atoms. The molecule has 2 atom stereocenters. The molecule has 3 rings (SSSR count). The average molecular weight is 313 g/mol. The van der Waals surface area contributed by atoms with Gasteiger partial charge in [-0.15, -0.1) is 0 Å². The highest BCUT2D eigenvalue weighted by atomic mass is 32.2. The molecule has 1 aromatic heterocycles. The lowest BCUT2D eigenvalue weighted by Gasteiger charge is -2.20. The lowest BCUT2D eigenvalue weighted by atomic mass is 9.95. The van der Waals surface area contributed by atoms with E-state index in [1.165, 1.54) is 0 Å². The predicted octanol–water partition coefficient (Wildman–Crippen LogP) is 4.68. The maximum Gasteiger partial charge on any atom is 0.256 e. The number of aromatic nitrogens is 1. The second-order valence-corrected chi connectivity index (χ2v) is 6.25. The fourth-order valence-corrected chi connectivity index (χ4v) is 3.53. The molecule has 1 N–H and O–H groups in total. The van der Waals surface area contributed by atoms with Gasteiger partial charge in [0, 0.05) is 5.75 Å². The number of aliphatic hydroxyl groups is 1. The van der Waals surface area contributed by atoms with Crippen LogP contribution in [0.1, 0.15) is 25.0 Å². The van der Waals surface area contributed by atoms with Crippen molar-refractivity contribution in [1.82, 2.24) is 4.98 Å². The summed E-state index contributed by atoms with van der Waals surface area (Å²) in [6, 6.07) is 17.6. The Bertz CT molecular complexity index is 693. The molecular weight excluding hydrogens is 294 g/mol. The van der Waals surface area contributed by atoms with Crippen LogP contribution in [0.3, 0.4) is 0 Å². The molecule has 22 heavy (non-hydrogen) atoms. The van der Waals surface area contributed by atoms with Crippen molar-refractivity contribution in [2.75, 3.05) is 5.75 Å². The van der Waals surface area contributed by atoms with Crippen LogP contribution in [0.5, 0.6) is 0 Å². The lowest BCUT2D eigenvalue weighted by Crippen LogP contribution is -2.14. The normalized spacial score (nSPS) is 14.1. The zero-order valence-electron chi connectivity index (χ0n) is 12.5. The van der Waals surface area contributed by atoms with E-state index in [-0.39, 0.29) is 5.92 Å². The Morgan fingerprint density at radius 3 is 2.55 bits per heavy atom. The van der Waals surface area contributed by atoms with Gasteiger partial charge in [-0.1, -0.05) is 61.2 Å². The predicted molar refractivity (Wildman–Crippen MR) is 89.9 cm³/mol. The molecule has 4 heteroatoms. The number of para-hydroxylation sites is 2. The lowest BCUT2D eigenvalue weighted by molar-refractivity contribution is 0.118. The summed E-state index contributed by atoms with van der Waals surface area (Å²) in [5, 5.41) is 11.2. The van der Waals surface area contributed by atoms with Crippen LogP contribution in [0.15, 0.2) is 64.2 Å². The average Bonchev–Trinajstić information content (AvgIpc) is 2.99. The zero-order valence-corrected chi connectivity index (χ0v) is 13.3. The summed E-state index contributed by atoms with van der Waals surface area (Å²) in [6.07, 6.45) is 0.451. The first-order chi connectivity index (χ1) is 10.8. The van der Waals surface area contributed by atoms with Crippen molar-refractivity contribution in [3.63, 3.8) is 0 Å². The molecule has 0 fully saturated rings. The Kier molecular flexibility index (Phi) is 4.80. The number of hydrogen-bond donors (Lipinski definition) is 1. The highest BCUT2D eigenvalue weighted by Gasteiger charge is 2.20. The minimum atomic E-state index is -0.455. The summed E-state index contributed by atoms with van der Waals surface area (Å²) < 4.78 is 5.72. The summed E-state index contributed by atoms with van der Waals surface area (Å²) in [7, 11) is 0. The summed E-state index contributed by atoms with van der Waals surface area (Å²) in [5.74, 6) is 0.946. The molecule has 3 nitrogen and oxygen atoms in total. The molecule has 0 amide bonds. The maximum absolute atomic E-state index is 10.5. The summed E-state index contributed by atoms with van der Waals surface area (Å²) in [6.45, 7) is 2.10. The largest absolute Gasteiger partial charge is 0.431 e. The highest BCUT2D eigenvalue weighted by Crippen LogP contribution is 2.31. The van der Waals surface area contributed by atoms with Crippen molar-refractivity contribution in [2.24, 2.45) is 5.92 Å².